The third-order valence-electron chi connectivity index (χ3n) is 7.03. The second-order valence-corrected chi connectivity index (χ2v) is 20.4. The van der Waals surface area contributed by atoms with Gasteiger partial charge in [0, 0.05) is 52.3 Å². The molecule has 0 aromatic heterocycles. The molecule has 41 heavy (non-hydrogen) atoms. The van der Waals surface area contributed by atoms with E-state index in [0.29, 0.717) is 19.7 Å². The smallest absolute Gasteiger partial charge is 0.327 e. The van der Waals surface area contributed by atoms with Gasteiger partial charge in [-0.2, -0.15) is 0 Å². The van der Waals surface area contributed by atoms with Gasteiger partial charge in [0.1, 0.15) is 0 Å². The molecule has 0 aliphatic heterocycles. The van der Waals surface area contributed by atoms with Crippen LogP contribution in [0.25, 0.3) is 0 Å². The van der Waals surface area contributed by atoms with Gasteiger partial charge in [0.05, 0.1) is 19.1 Å². The van der Waals surface area contributed by atoms with Crippen LogP contribution in [-0.4, -0.2) is 61.9 Å². The number of carboxylic acid groups (broad SMARTS) is 1. The molecule has 0 saturated carbocycles. The molecule has 3 atom stereocenters. The highest BCUT2D eigenvalue weighted by molar-refractivity contribution is 7.53. The molecule has 0 heterocycles. The molecule has 2 rings (SSSR count). The molecule has 0 radical (unpaired) electrons. The lowest BCUT2D eigenvalue weighted by atomic mass is 9.82. The van der Waals surface area contributed by atoms with E-state index in [1.54, 1.807) is 0 Å². The number of nitrogens with one attached hydrogen (secondary N) is 1. The van der Waals surface area contributed by atoms with Crippen molar-refractivity contribution in [3.63, 3.8) is 0 Å². The fourth-order valence-corrected chi connectivity index (χ4v) is 6.79. The number of carbonyl (C=O) groups excluding carboxylic acids is 1. The average molecular weight is 605 g/mol. The summed E-state index contributed by atoms with van der Waals surface area (Å²) in [6.07, 6.45) is -0.927. The minimum absolute atomic E-state index is 0.104. The summed E-state index contributed by atoms with van der Waals surface area (Å²) in [6.45, 7) is 16.1. The summed E-state index contributed by atoms with van der Waals surface area (Å²) in [5.74, 6) is -1.36. The van der Waals surface area contributed by atoms with Crippen LogP contribution in [0.15, 0.2) is 60.7 Å². The van der Waals surface area contributed by atoms with Crippen molar-refractivity contribution in [1.29, 1.82) is 0 Å². The molecule has 0 fully saturated rings. The summed E-state index contributed by atoms with van der Waals surface area (Å²) in [6, 6.07) is 21.0. The van der Waals surface area contributed by atoms with Crippen molar-refractivity contribution in [3.8, 4) is 0 Å². The third kappa shape index (κ3) is 13.5. The summed E-state index contributed by atoms with van der Waals surface area (Å²) in [5, 5.41) is 11.8. The molecule has 0 saturated heterocycles. The molecule has 0 bridgehead atoms. The van der Waals surface area contributed by atoms with Gasteiger partial charge < -0.3 is 19.5 Å². The summed E-state index contributed by atoms with van der Waals surface area (Å²) in [4.78, 5) is 25.7. The standard InChI is InChI=1S/C31H49N2O6PSi/c1-25(33(22-26-14-10-8-11-15-26)23-27-16-12-9-13-17-27)30(39-40(4,37)38-20-21-41(5,6)7)31(2,3)24-32-28(34)18-19-29(35)36/h8-17,25,30H,18-24H2,1-7H3,(H,32,34)(H,35,36)/t25-,30+,40?/m0/s1. The molecule has 2 aromatic carbocycles. The molecule has 0 aliphatic carbocycles. The number of benzene rings is 2. The van der Waals surface area contributed by atoms with E-state index in [1.807, 2.05) is 50.2 Å². The van der Waals surface area contributed by atoms with Crippen LogP contribution in [0.3, 0.4) is 0 Å². The van der Waals surface area contributed by atoms with Gasteiger partial charge in [0.2, 0.25) is 5.91 Å². The SMILES string of the molecule is C[C@@H]([C@@H](OP(C)(=O)OCC[Si](C)(C)C)C(C)(C)CNC(=O)CCC(=O)O)N(Cc1ccccc1)Cc1ccccc1. The van der Waals surface area contributed by atoms with Crippen LogP contribution in [0.5, 0.6) is 0 Å². The molecule has 2 N–H and O–H groups in total. The Balaban J connectivity index is 2.37. The first-order valence-electron chi connectivity index (χ1n) is 14.3. The van der Waals surface area contributed by atoms with Crippen molar-refractivity contribution < 1.29 is 28.3 Å². The summed E-state index contributed by atoms with van der Waals surface area (Å²) >= 11 is 0. The number of amides is 1. The molecule has 228 valence electrons. The summed E-state index contributed by atoms with van der Waals surface area (Å²) < 4.78 is 26.0. The van der Waals surface area contributed by atoms with E-state index in [0.717, 1.165) is 17.2 Å². The number of nitrogens with zero attached hydrogens (tertiary/aromatic N) is 1. The molecule has 8 nitrogen and oxygen atoms in total. The number of hydrogen-bond donors (Lipinski definition) is 2. The second-order valence-electron chi connectivity index (χ2n) is 12.7. The highest BCUT2D eigenvalue weighted by Gasteiger charge is 2.41. The lowest BCUT2D eigenvalue weighted by molar-refractivity contribution is -0.139. The van der Waals surface area contributed by atoms with Gasteiger partial charge in [-0.25, -0.2) is 0 Å². The van der Waals surface area contributed by atoms with Crippen molar-refractivity contribution in [2.45, 2.75) is 84.5 Å². The lowest BCUT2D eigenvalue weighted by Gasteiger charge is -2.43. The topological polar surface area (TPSA) is 105 Å². The highest BCUT2D eigenvalue weighted by atomic mass is 31.2. The van der Waals surface area contributed by atoms with E-state index in [1.165, 1.54) is 6.66 Å². The fourth-order valence-electron chi connectivity index (χ4n) is 4.55. The Hall–Kier alpha value is -2.29. The predicted octanol–water partition coefficient (Wildman–Crippen LogP) is 6.65. The van der Waals surface area contributed by atoms with Gasteiger partial charge in [0.15, 0.2) is 0 Å². The quantitative estimate of drug-likeness (QED) is 0.145. The molecule has 0 spiro atoms. The van der Waals surface area contributed by atoms with Gasteiger partial charge in [-0.1, -0.05) is 94.2 Å². The minimum atomic E-state index is -3.46. The Morgan fingerprint density at radius 2 is 1.49 bits per heavy atom. The van der Waals surface area contributed by atoms with Gasteiger partial charge in [0.25, 0.3) is 0 Å². The van der Waals surface area contributed by atoms with Crippen LogP contribution in [0.4, 0.5) is 0 Å². The van der Waals surface area contributed by atoms with E-state index in [-0.39, 0.29) is 31.3 Å². The number of rotatable bonds is 18. The van der Waals surface area contributed by atoms with Gasteiger partial charge in [-0.15, -0.1) is 0 Å². The fraction of sp³-hybridized carbons (Fsp3) is 0.548. The molecule has 10 heteroatoms. The lowest BCUT2D eigenvalue weighted by Crippen LogP contribution is -2.52. The molecular weight excluding hydrogens is 555 g/mol. The van der Waals surface area contributed by atoms with Crippen LogP contribution >= 0.6 is 7.60 Å². The maximum atomic E-state index is 13.7. The second kappa shape index (κ2) is 15.8. The predicted molar refractivity (Wildman–Crippen MR) is 168 cm³/mol. The highest BCUT2D eigenvalue weighted by Crippen LogP contribution is 2.49. The van der Waals surface area contributed by atoms with E-state index in [9.17, 15) is 14.2 Å². The van der Waals surface area contributed by atoms with Crippen LogP contribution in [0, 0.1) is 5.41 Å². The summed E-state index contributed by atoms with van der Waals surface area (Å²) in [7, 11) is -4.86. The monoisotopic (exact) mass is 604 g/mol. The maximum absolute atomic E-state index is 13.7. The molecule has 2 aromatic rings. The van der Waals surface area contributed by atoms with Crippen LogP contribution in [0.2, 0.25) is 25.7 Å². The Bertz CT molecular complexity index is 1100. The first-order chi connectivity index (χ1) is 19.1. The maximum Gasteiger partial charge on any atom is 0.327 e. The van der Waals surface area contributed by atoms with E-state index in [2.05, 4.69) is 61.0 Å². The van der Waals surface area contributed by atoms with E-state index in [4.69, 9.17) is 14.2 Å². The minimum Gasteiger partial charge on any atom is -0.481 e. The van der Waals surface area contributed by atoms with Crippen molar-refractivity contribution in [3.05, 3.63) is 71.8 Å². The normalized spacial score (nSPS) is 15.2. The third-order valence-corrected chi connectivity index (χ3v) is 10.00. The zero-order valence-corrected chi connectivity index (χ0v) is 27.7. The number of aliphatic carboxylic acids is 1. The van der Waals surface area contributed by atoms with Crippen LogP contribution < -0.4 is 5.32 Å². The van der Waals surface area contributed by atoms with Gasteiger partial charge >= 0.3 is 13.6 Å². The first-order valence-corrected chi connectivity index (χ1v) is 20.0. The average Bonchev–Trinajstić information content (AvgIpc) is 2.89. The van der Waals surface area contributed by atoms with Crippen LogP contribution in [-0.2, 0) is 36.3 Å². The van der Waals surface area contributed by atoms with E-state index < -0.39 is 33.2 Å². The van der Waals surface area contributed by atoms with Crippen molar-refractivity contribution in [2.75, 3.05) is 19.8 Å². The molecular formula is C31H49N2O6PSi. The van der Waals surface area contributed by atoms with Gasteiger partial charge in [-0.05, 0) is 24.1 Å². The van der Waals surface area contributed by atoms with Gasteiger partial charge in [-0.3, -0.25) is 19.1 Å². The van der Waals surface area contributed by atoms with E-state index >= 15 is 0 Å². The molecule has 0 aliphatic rings. The molecule has 1 unspecified atom stereocenters. The molecule has 1 amide bonds. The number of carboxylic acids is 1. The Labute approximate surface area is 247 Å². The zero-order chi connectivity index (χ0) is 30.7. The zero-order valence-electron chi connectivity index (χ0n) is 25.8. The Morgan fingerprint density at radius 3 is 1.95 bits per heavy atom. The summed E-state index contributed by atoms with van der Waals surface area (Å²) in [5.41, 5.74) is 1.61. The first kappa shape index (κ1) is 34.9. The largest absolute Gasteiger partial charge is 0.481 e. The number of hydrogen-bond acceptors (Lipinski definition) is 6. The van der Waals surface area contributed by atoms with Crippen molar-refractivity contribution >= 4 is 27.5 Å². The van der Waals surface area contributed by atoms with Crippen LogP contribution in [0.1, 0.15) is 44.7 Å². The Morgan fingerprint density at radius 1 is 0.976 bits per heavy atom. The number of carbonyl (C=O) groups is 2. The van der Waals surface area contributed by atoms with Crippen molar-refractivity contribution in [1.82, 2.24) is 10.2 Å². The Kier molecular flexibility index (Phi) is 13.5. The van der Waals surface area contributed by atoms with Crippen molar-refractivity contribution in [2.24, 2.45) is 5.41 Å².